The molecule has 2 amide bonds. The van der Waals surface area contributed by atoms with Crippen LogP contribution in [0.4, 0.5) is 22.7 Å². The van der Waals surface area contributed by atoms with Crippen molar-refractivity contribution in [2.24, 2.45) is 0 Å². The number of rotatable bonds is 7. The maximum Gasteiger partial charge on any atom is 0.270 e. The van der Waals surface area contributed by atoms with Gasteiger partial charge in [0, 0.05) is 37.5 Å². The molecule has 194 valence electrons. The molecule has 1 heterocycles. The standard InChI is InChI=1S/C27H24N4O6S/c1-28(2)24-14-9-20(31(34)35)15-17(24)16-23-25(32)29(18-5-10-21(36-3)11-6-18)27(38)30(26(23)33)19-7-12-22(37-4)13-8-19/h5-16H,1-4H3. The topological polar surface area (TPSA) is 105 Å². The number of anilines is 3. The molecule has 10 nitrogen and oxygen atoms in total. The molecule has 1 aliphatic rings. The molecule has 0 aromatic heterocycles. The summed E-state index contributed by atoms with van der Waals surface area (Å²) in [7, 11) is 6.57. The fourth-order valence-electron chi connectivity index (χ4n) is 3.98. The van der Waals surface area contributed by atoms with Gasteiger partial charge in [-0.05, 0) is 72.9 Å². The predicted molar refractivity (Wildman–Crippen MR) is 149 cm³/mol. The van der Waals surface area contributed by atoms with Gasteiger partial charge in [0.25, 0.3) is 17.5 Å². The lowest BCUT2D eigenvalue weighted by atomic mass is 10.0. The van der Waals surface area contributed by atoms with Crippen molar-refractivity contribution in [2.75, 3.05) is 43.0 Å². The first-order valence-corrected chi connectivity index (χ1v) is 11.8. The molecular formula is C27H24N4O6S. The van der Waals surface area contributed by atoms with Crippen molar-refractivity contribution in [1.29, 1.82) is 0 Å². The van der Waals surface area contributed by atoms with Gasteiger partial charge < -0.3 is 14.4 Å². The van der Waals surface area contributed by atoms with E-state index in [-0.39, 0.29) is 16.4 Å². The number of methoxy groups -OCH3 is 2. The number of hydrogen-bond acceptors (Lipinski definition) is 8. The average Bonchev–Trinajstić information content (AvgIpc) is 2.91. The maximum atomic E-state index is 13.8. The van der Waals surface area contributed by atoms with Crippen LogP contribution in [0.15, 0.2) is 72.3 Å². The van der Waals surface area contributed by atoms with E-state index < -0.39 is 16.7 Å². The van der Waals surface area contributed by atoms with Crippen molar-refractivity contribution in [3.63, 3.8) is 0 Å². The van der Waals surface area contributed by atoms with Crippen LogP contribution >= 0.6 is 12.2 Å². The van der Waals surface area contributed by atoms with Crippen LogP contribution in [0.25, 0.3) is 6.08 Å². The normalized spacial score (nSPS) is 13.5. The Kier molecular flexibility index (Phi) is 7.40. The van der Waals surface area contributed by atoms with Crippen LogP contribution in [0.3, 0.4) is 0 Å². The molecule has 0 bridgehead atoms. The molecule has 0 atom stereocenters. The van der Waals surface area contributed by atoms with Gasteiger partial charge >= 0.3 is 0 Å². The zero-order valence-electron chi connectivity index (χ0n) is 21.1. The third-order valence-corrected chi connectivity index (χ3v) is 6.28. The Morgan fingerprint density at radius 1 is 0.842 bits per heavy atom. The summed E-state index contributed by atoms with van der Waals surface area (Å²) in [5.41, 5.74) is 1.37. The molecule has 0 N–H and O–H groups in total. The molecule has 38 heavy (non-hydrogen) atoms. The van der Waals surface area contributed by atoms with Crippen molar-refractivity contribution >= 4 is 58.0 Å². The minimum absolute atomic E-state index is 0.0423. The number of thiocarbonyl (C=S) groups is 1. The highest BCUT2D eigenvalue weighted by Gasteiger charge is 2.41. The third-order valence-electron chi connectivity index (χ3n) is 5.91. The van der Waals surface area contributed by atoms with Crippen molar-refractivity contribution in [3.05, 3.63) is 88.0 Å². The summed E-state index contributed by atoms with van der Waals surface area (Å²) in [6, 6.07) is 17.6. The number of carbonyl (C=O) groups excluding carboxylic acids is 2. The average molecular weight is 533 g/mol. The highest BCUT2D eigenvalue weighted by Crippen LogP contribution is 2.33. The molecule has 1 fully saturated rings. The van der Waals surface area contributed by atoms with E-state index in [2.05, 4.69) is 0 Å². The van der Waals surface area contributed by atoms with Crippen LogP contribution < -0.4 is 24.2 Å². The summed E-state index contributed by atoms with van der Waals surface area (Å²) >= 11 is 5.65. The first-order valence-electron chi connectivity index (χ1n) is 11.3. The quantitative estimate of drug-likeness (QED) is 0.145. The Hall–Kier alpha value is -4.77. The second-order valence-corrected chi connectivity index (χ2v) is 8.78. The molecule has 4 rings (SSSR count). The molecule has 0 radical (unpaired) electrons. The second-order valence-electron chi connectivity index (χ2n) is 8.41. The van der Waals surface area contributed by atoms with Gasteiger partial charge in [0.05, 0.1) is 30.5 Å². The van der Waals surface area contributed by atoms with Gasteiger partial charge in [0.1, 0.15) is 17.1 Å². The molecular weight excluding hydrogens is 508 g/mol. The molecule has 1 saturated heterocycles. The first kappa shape index (κ1) is 26.3. The van der Waals surface area contributed by atoms with Gasteiger partial charge in [-0.1, -0.05) is 0 Å². The summed E-state index contributed by atoms with van der Waals surface area (Å²) in [6.45, 7) is 0. The number of nitro benzene ring substituents is 1. The third kappa shape index (κ3) is 4.91. The molecule has 3 aromatic carbocycles. The molecule has 0 spiro atoms. The van der Waals surface area contributed by atoms with E-state index in [0.717, 1.165) is 0 Å². The van der Waals surface area contributed by atoms with Gasteiger partial charge in [-0.3, -0.25) is 29.5 Å². The number of nitrogens with zero attached hydrogens (tertiary/aromatic N) is 4. The van der Waals surface area contributed by atoms with Crippen molar-refractivity contribution < 1.29 is 24.0 Å². The van der Waals surface area contributed by atoms with Crippen molar-refractivity contribution in [3.8, 4) is 11.5 Å². The number of non-ortho nitro benzene ring substituents is 1. The lowest BCUT2D eigenvalue weighted by Crippen LogP contribution is -2.56. The van der Waals surface area contributed by atoms with Crippen LogP contribution in [-0.2, 0) is 9.59 Å². The van der Waals surface area contributed by atoms with Gasteiger partial charge in [0.15, 0.2) is 5.11 Å². The molecule has 0 aliphatic carbocycles. The fraction of sp³-hybridized carbons (Fsp3) is 0.148. The van der Waals surface area contributed by atoms with E-state index >= 15 is 0 Å². The summed E-state index contributed by atoms with van der Waals surface area (Å²) in [5, 5.41) is 11.4. The summed E-state index contributed by atoms with van der Waals surface area (Å²) < 4.78 is 10.4. The molecule has 0 unspecified atom stereocenters. The SMILES string of the molecule is COc1ccc(N2C(=O)C(=Cc3cc([N+](=O)[O-])ccc3N(C)C)C(=O)N(c3ccc(OC)cc3)C2=S)cc1. The van der Waals surface area contributed by atoms with E-state index in [0.29, 0.717) is 34.1 Å². The van der Waals surface area contributed by atoms with Crippen molar-refractivity contribution in [1.82, 2.24) is 0 Å². The summed E-state index contributed by atoms with van der Waals surface area (Å²) in [4.78, 5) is 42.8. The van der Waals surface area contributed by atoms with Crippen molar-refractivity contribution in [2.45, 2.75) is 0 Å². The summed E-state index contributed by atoms with van der Waals surface area (Å²) in [5.74, 6) is -0.164. The number of hydrogen-bond donors (Lipinski definition) is 0. The van der Waals surface area contributed by atoms with E-state index in [9.17, 15) is 19.7 Å². The Morgan fingerprint density at radius 3 is 1.71 bits per heavy atom. The highest BCUT2D eigenvalue weighted by molar-refractivity contribution is 7.81. The molecule has 11 heteroatoms. The minimum Gasteiger partial charge on any atom is -0.497 e. The predicted octanol–water partition coefficient (Wildman–Crippen LogP) is 4.43. The van der Waals surface area contributed by atoms with Gasteiger partial charge in [-0.25, -0.2) is 0 Å². The summed E-state index contributed by atoms with van der Waals surface area (Å²) in [6.07, 6.45) is 1.36. The number of carbonyl (C=O) groups is 2. The smallest absolute Gasteiger partial charge is 0.270 e. The molecule has 0 saturated carbocycles. The number of amides is 2. The molecule has 1 aliphatic heterocycles. The lowest BCUT2D eigenvalue weighted by molar-refractivity contribution is -0.384. The molecule has 3 aromatic rings. The Morgan fingerprint density at radius 2 is 1.32 bits per heavy atom. The van der Waals surface area contributed by atoms with E-state index in [1.165, 1.54) is 42.2 Å². The number of benzene rings is 3. The van der Waals surface area contributed by atoms with Gasteiger partial charge in [0.2, 0.25) is 0 Å². The zero-order chi connectivity index (χ0) is 27.6. The highest BCUT2D eigenvalue weighted by atomic mass is 32.1. The van der Waals surface area contributed by atoms with Gasteiger partial charge in [-0.2, -0.15) is 0 Å². The maximum absolute atomic E-state index is 13.8. The number of nitro groups is 1. The fourth-order valence-corrected chi connectivity index (χ4v) is 4.36. The van der Waals surface area contributed by atoms with Crippen LogP contribution in [-0.4, -0.2) is 50.2 Å². The largest absolute Gasteiger partial charge is 0.497 e. The first-order chi connectivity index (χ1) is 18.2. The Labute approximate surface area is 224 Å². The van der Waals surface area contributed by atoms with Crippen LogP contribution in [0, 0.1) is 10.1 Å². The lowest BCUT2D eigenvalue weighted by Gasteiger charge is -2.36. The van der Waals surface area contributed by atoms with E-state index in [4.69, 9.17) is 21.7 Å². The monoisotopic (exact) mass is 532 g/mol. The minimum atomic E-state index is -0.661. The van der Waals surface area contributed by atoms with E-state index in [1.807, 2.05) is 0 Å². The second kappa shape index (κ2) is 10.7. The number of ether oxygens (including phenoxy) is 2. The van der Waals surface area contributed by atoms with Crippen LogP contribution in [0.2, 0.25) is 0 Å². The Bertz CT molecular complexity index is 1380. The van der Waals surface area contributed by atoms with E-state index in [1.54, 1.807) is 73.6 Å². The van der Waals surface area contributed by atoms with Crippen LogP contribution in [0.1, 0.15) is 5.56 Å². The zero-order valence-corrected chi connectivity index (χ0v) is 21.9. The van der Waals surface area contributed by atoms with Crippen LogP contribution in [0.5, 0.6) is 11.5 Å². The van der Waals surface area contributed by atoms with Gasteiger partial charge in [-0.15, -0.1) is 0 Å². The Balaban J connectivity index is 1.91.